The number of alkyl halides is 3. The van der Waals surface area contributed by atoms with Crippen molar-refractivity contribution in [3.63, 3.8) is 0 Å². The van der Waals surface area contributed by atoms with Crippen LogP contribution in [0.15, 0.2) is 69.9 Å². The predicted molar refractivity (Wildman–Crippen MR) is 138 cm³/mol. The summed E-state index contributed by atoms with van der Waals surface area (Å²) in [4.78, 5) is 25.7. The van der Waals surface area contributed by atoms with Gasteiger partial charge in [0.1, 0.15) is 24.5 Å². The molecular weight excluding hydrogens is 533 g/mol. The lowest BCUT2D eigenvalue weighted by atomic mass is 10.0. The van der Waals surface area contributed by atoms with Crippen molar-refractivity contribution in [1.82, 2.24) is 0 Å². The van der Waals surface area contributed by atoms with Crippen LogP contribution in [0.25, 0.3) is 28.2 Å². The molecule has 5 rings (SSSR count). The molecule has 0 unspecified atom stereocenters. The Morgan fingerprint density at radius 2 is 1.65 bits per heavy atom. The van der Waals surface area contributed by atoms with Crippen LogP contribution in [0.4, 0.5) is 13.2 Å². The molecule has 0 saturated heterocycles. The molecule has 206 valence electrons. The van der Waals surface area contributed by atoms with Gasteiger partial charge >= 0.3 is 12.1 Å². The van der Waals surface area contributed by atoms with Crippen molar-refractivity contribution in [2.45, 2.75) is 6.18 Å². The van der Waals surface area contributed by atoms with Crippen LogP contribution in [0.5, 0.6) is 28.7 Å². The largest absolute Gasteiger partial charge is 0.493 e. The predicted octanol–water partition coefficient (Wildman–Crippen LogP) is 5.89. The van der Waals surface area contributed by atoms with Crippen LogP contribution in [0, 0.1) is 0 Å². The summed E-state index contributed by atoms with van der Waals surface area (Å²) >= 11 is 0. The van der Waals surface area contributed by atoms with E-state index >= 15 is 0 Å². The molecule has 0 bridgehead atoms. The molecule has 0 amide bonds. The minimum Gasteiger partial charge on any atom is -0.493 e. The summed E-state index contributed by atoms with van der Waals surface area (Å²) < 4.78 is 73.8. The molecule has 40 heavy (non-hydrogen) atoms. The number of rotatable bonds is 6. The molecule has 11 heteroatoms. The van der Waals surface area contributed by atoms with Gasteiger partial charge in [0.15, 0.2) is 23.0 Å². The third kappa shape index (κ3) is 5.31. The fraction of sp³-hybridized carbons (Fsp3) is 0.172. The first kappa shape index (κ1) is 26.7. The highest BCUT2D eigenvalue weighted by Crippen LogP contribution is 2.40. The molecule has 4 aromatic rings. The second kappa shape index (κ2) is 10.7. The molecule has 0 fully saturated rings. The lowest BCUT2D eigenvalue weighted by Crippen LogP contribution is -2.16. The maximum atomic E-state index is 14.0. The molecule has 2 heterocycles. The van der Waals surface area contributed by atoms with Gasteiger partial charge in [-0.15, -0.1) is 0 Å². The van der Waals surface area contributed by atoms with Gasteiger partial charge in [0, 0.05) is 12.1 Å². The number of methoxy groups -OCH3 is 2. The third-order valence-corrected chi connectivity index (χ3v) is 5.99. The standard InChI is InChI=1S/C29H21F3O8/c1-35-20-9-5-17(14-23(20)36-2)26-27(34)19-7-6-18(15-22(19)40-28(26)29(30,31)32)39-25(33)10-4-16-3-8-21-24(13-16)38-12-11-37-21/h3-10,13-15H,11-12H2,1-2H3/b10-4+. The topological polar surface area (TPSA) is 93.4 Å². The minimum atomic E-state index is -5.01. The second-order valence-corrected chi connectivity index (χ2v) is 8.52. The van der Waals surface area contributed by atoms with E-state index in [-0.39, 0.29) is 28.2 Å². The number of ether oxygens (including phenoxy) is 5. The lowest BCUT2D eigenvalue weighted by molar-refractivity contribution is -0.152. The summed E-state index contributed by atoms with van der Waals surface area (Å²) in [5, 5.41) is -0.135. The molecule has 1 aliphatic heterocycles. The summed E-state index contributed by atoms with van der Waals surface area (Å²) in [7, 11) is 2.70. The number of esters is 1. The van der Waals surface area contributed by atoms with E-state index in [9.17, 15) is 22.8 Å². The molecule has 1 aromatic heterocycles. The van der Waals surface area contributed by atoms with E-state index < -0.39 is 34.5 Å². The van der Waals surface area contributed by atoms with E-state index in [1.807, 2.05) is 0 Å². The van der Waals surface area contributed by atoms with Crippen LogP contribution < -0.4 is 29.1 Å². The van der Waals surface area contributed by atoms with Gasteiger partial charge < -0.3 is 28.1 Å². The molecule has 0 radical (unpaired) electrons. The first-order valence-corrected chi connectivity index (χ1v) is 11.9. The molecular formula is C29H21F3O8. The summed E-state index contributed by atoms with van der Waals surface area (Å²) in [5.41, 5.74) is -1.43. The summed E-state index contributed by atoms with van der Waals surface area (Å²) in [6, 6.07) is 12.7. The van der Waals surface area contributed by atoms with Gasteiger partial charge in [-0.05, 0) is 53.6 Å². The van der Waals surface area contributed by atoms with Gasteiger partial charge in [0.25, 0.3) is 0 Å². The molecule has 0 atom stereocenters. The van der Waals surface area contributed by atoms with Gasteiger partial charge in [-0.1, -0.05) is 12.1 Å². The second-order valence-electron chi connectivity index (χ2n) is 8.52. The SMILES string of the molecule is COc1ccc(-c2c(C(F)(F)F)oc3cc(OC(=O)/C=C/c4ccc5c(c4)OCCO5)ccc3c2=O)cc1OC. The summed E-state index contributed by atoms with van der Waals surface area (Å²) in [6.45, 7) is 0.856. The van der Waals surface area contributed by atoms with E-state index in [0.29, 0.717) is 30.3 Å². The first-order valence-electron chi connectivity index (χ1n) is 11.9. The Kier molecular flexibility index (Phi) is 7.12. The molecule has 0 N–H and O–H groups in total. The molecule has 1 aliphatic rings. The van der Waals surface area contributed by atoms with Gasteiger partial charge in [0.2, 0.25) is 11.2 Å². The highest BCUT2D eigenvalue weighted by molar-refractivity contribution is 5.90. The Morgan fingerprint density at radius 1 is 0.900 bits per heavy atom. The van der Waals surface area contributed by atoms with E-state index in [1.165, 1.54) is 50.6 Å². The maximum Gasteiger partial charge on any atom is 0.450 e. The average Bonchev–Trinajstić information content (AvgIpc) is 2.95. The van der Waals surface area contributed by atoms with Crippen molar-refractivity contribution in [1.29, 1.82) is 0 Å². The van der Waals surface area contributed by atoms with Crippen LogP contribution in [0.2, 0.25) is 0 Å². The Morgan fingerprint density at radius 3 is 2.38 bits per heavy atom. The Hall–Kier alpha value is -4.93. The molecule has 0 spiro atoms. The van der Waals surface area contributed by atoms with Crippen molar-refractivity contribution in [2.75, 3.05) is 27.4 Å². The highest BCUT2D eigenvalue weighted by Gasteiger charge is 2.39. The molecule has 0 aliphatic carbocycles. The zero-order chi connectivity index (χ0) is 28.4. The summed E-state index contributed by atoms with van der Waals surface area (Å²) in [6.07, 6.45) is -2.37. The number of hydrogen-bond donors (Lipinski definition) is 0. The van der Waals surface area contributed by atoms with Crippen LogP contribution in [-0.4, -0.2) is 33.4 Å². The quantitative estimate of drug-likeness (QED) is 0.166. The van der Waals surface area contributed by atoms with Crippen molar-refractivity contribution < 1.29 is 46.1 Å². The highest BCUT2D eigenvalue weighted by atomic mass is 19.4. The van der Waals surface area contributed by atoms with E-state index in [0.717, 1.165) is 12.1 Å². The normalized spacial score (nSPS) is 12.9. The van der Waals surface area contributed by atoms with Crippen molar-refractivity contribution in [3.05, 3.63) is 82.2 Å². The van der Waals surface area contributed by atoms with Gasteiger partial charge in [0.05, 0.1) is 25.2 Å². The monoisotopic (exact) mass is 554 g/mol. The lowest BCUT2D eigenvalue weighted by Gasteiger charge is -2.18. The molecule has 8 nitrogen and oxygen atoms in total. The van der Waals surface area contributed by atoms with Crippen molar-refractivity contribution >= 4 is 23.0 Å². The fourth-order valence-corrected chi connectivity index (χ4v) is 4.17. The summed E-state index contributed by atoms with van der Waals surface area (Å²) in [5.74, 6) is -0.859. The first-order chi connectivity index (χ1) is 19.2. The Labute approximate surface area is 225 Å². The van der Waals surface area contributed by atoms with Gasteiger partial charge in [-0.3, -0.25) is 4.79 Å². The van der Waals surface area contributed by atoms with Crippen LogP contribution in [-0.2, 0) is 11.0 Å². The van der Waals surface area contributed by atoms with Gasteiger partial charge in [-0.25, -0.2) is 4.79 Å². The van der Waals surface area contributed by atoms with E-state index in [1.54, 1.807) is 18.2 Å². The van der Waals surface area contributed by atoms with E-state index in [2.05, 4.69) is 0 Å². The Balaban J connectivity index is 1.46. The molecule has 0 saturated carbocycles. The number of carbonyl (C=O) groups excluding carboxylic acids is 1. The number of fused-ring (bicyclic) bond motifs is 2. The minimum absolute atomic E-state index is 0.0691. The zero-order valence-electron chi connectivity index (χ0n) is 21.2. The Bertz CT molecular complexity index is 1690. The van der Waals surface area contributed by atoms with Crippen LogP contribution in [0.3, 0.4) is 0 Å². The van der Waals surface area contributed by atoms with Crippen molar-refractivity contribution in [2.24, 2.45) is 0 Å². The van der Waals surface area contributed by atoms with Crippen LogP contribution >= 0.6 is 0 Å². The van der Waals surface area contributed by atoms with Crippen molar-refractivity contribution in [3.8, 4) is 39.9 Å². The number of halogens is 3. The third-order valence-electron chi connectivity index (χ3n) is 5.99. The zero-order valence-corrected chi connectivity index (χ0v) is 21.2. The molecule has 3 aromatic carbocycles. The van der Waals surface area contributed by atoms with E-state index in [4.69, 9.17) is 28.1 Å². The number of carbonyl (C=O) groups is 1. The fourth-order valence-electron chi connectivity index (χ4n) is 4.17. The van der Waals surface area contributed by atoms with Gasteiger partial charge in [-0.2, -0.15) is 13.2 Å². The van der Waals surface area contributed by atoms with Crippen LogP contribution in [0.1, 0.15) is 11.3 Å². The maximum absolute atomic E-state index is 14.0. The smallest absolute Gasteiger partial charge is 0.450 e. The number of benzene rings is 3. The number of hydrogen-bond acceptors (Lipinski definition) is 8. The average molecular weight is 554 g/mol.